The average molecular weight is 353 g/mol. The normalized spacial score (nSPS) is 30.5. The van der Waals surface area contributed by atoms with Crippen molar-refractivity contribution in [3.8, 4) is 0 Å². The number of fused-ring (bicyclic) bond motifs is 2. The van der Waals surface area contributed by atoms with Crippen LogP contribution in [-0.4, -0.2) is 21.7 Å². The zero-order chi connectivity index (χ0) is 17.6. The number of aryl methyl sites for hydroxylation is 1. The number of hydrogen-bond donors (Lipinski definition) is 2. The van der Waals surface area contributed by atoms with Crippen LogP contribution < -0.4 is 16.6 Å². The second-order valence-corrected chi connectivity index (χ2v) is 8.20. The molecule has 0 aromatic carbocycles. The Hall–Kier alpha value is -1.56. The Morgan fingerprint density at radius 1 is 1.50 bits per heavy atom. The molecule has 1 amide bonds. The van der Waals surface area contributed by atoms with E-state index in [2.05, 4.69) is 31.2 Å². The van der Waals surface area contributed by atoms with Gasteiger partial charge in [0.05, 0.1) is 18.4 Å². The van der Waals surface area contributed by atoms with E-state index in [1.807, 2.05) is 0 Å². The van der Waals surface area contributed by atoms with Crippen LogP contribution in [0.25, 0.3) is 0 Å². The molecule has 2 bridgehead atoms. The molecule has 3 aliphatic rings. The van der Waals surface area contributed by atoms with Crippen molar-refractivity contribution >= 4 is 23.2 Å². The van der Waals surface area contributed by atoms with Gasteiger partial charge >= 0.3 is 0 Å². The van der Waals surface area contributed by atoms with Crippen molar-refractivity contribution in [2.75, 3.05) is 5.32 Å². The molecule has 0 saturated heterocycles. The summed E-state index contributed by atoms with van der Waals surface area (Å²) < 4.78 is 1.18. The highest BCUT2D eigenvalue weighted by molar-refractivity contribution is 6.32. The molecular weight excluding hydrogens is 328 g/mol. The molecule has 1 heterocycles. The zero-order valence-corrected chi connectivity index (χ0v) is 15.1. The number of nitrogens with zero attached hydrogens (tertiary/aromatic N) is 2. The van der Waals surface area contributed by atoms with Crippen LogP contribution in [0, 0.1) is 23.2 Å². The molecule has 4 atom stereocenters. The molecule has 24 heavy (non-hydrogen) atoms. The minimum Gasteiger partial charge on any atom is -0.379 e. The lowest BCUT2D eigenvalue weighted by Gasteiger charge is -2.62. The lowest BCUT2D eigenvalue weighted by molar-refractivity contribution is -0.118. The molecule has 3 saturated carbocycles. The predicted octanol–water partition coefficient (Wildman–Crippen LogP) is 2.25. The number of halogens is 1. The summed E-state index contributed by atoms with van der Waals surface area (Å²) in [6.45, 7) is 7.13. The molecule has 132 valence electrons. The van der Waals surface area contributed by atoms with Gasteiger partial charge in [-0.1, -0.05) is 32.4 Å². The number of carbonyl (C=O) groups is 1. The van der Waals surface area contributed by atoms with E-state index in [1.54, 1.807) is 6.20 Å². The van der Waals surface area contributed by atoms with Crippen molar-refractivity contribution in [1.82, 2.24) is 9.78 Å². The van der Waals surface area contributed by atoms with E-state index in [1.165, 1.54) is 11.1 Å². The molecule has 6 nitrogen and oxygen atoms in total. The highest BCUT2D eigenvalue weighted by atomic mass is 35.5. The largest absolute Gasteiger partial charge is 0.379 e. The van der Waals surface area contributed by atoms with Gasteiger partial charge in [0.2, 0.25) is 5.91 Å². The number of hydrogen-bond acceptors (Lipinski definition) is 4. The molecule has 0 spiro atoms. The van der Waals surface area contributed by atoms with Crippen molar-refractivity contribution < 1.29 is 4.79 Å². The van der Waals surface area contributed by atoms with Crippen LogP contribution in [0.2, 0.25) is 5.02 Å². The van der Waals surface area contributed by atoms with E-state index in [0.717, 1.165) is 12.3 Å². The first-order valence-corrected chi connectivity index (χ1v) is 8.90. The summed E-state index contributed by atoms with van der Waals surface area (Å²) in [6.07, 6.45) is 4.02. The van der Waals surface area contributed by atoms with Gasteiger partial charge in [0, 0.05) is 12.5 Å². The van der Waals surface area contributed by atoms with Crippen LogP contribution in [-0.2, 0) is 11.3 Å². The fraction of sp³-hybridized carbons (Fsp3) is 0.706. The van der Waals surface area contributed by atoms with Crippen LogP contribution in [0.3, 0.4) is 0 Å². The van der Waals surface area contributed by atoms with Crippen molar-refractivity contribution in [2.45, 2.75) is 52.6 Å². The monoisotopic (exact) mass is 352 g/mol. The molecule has 3 N–H and O–H groups in total. The molecule has 3 aliphatic carbocycles. The molecule has 4 rings (SSSR count). The van der Waals surface area contributed by atoms with Crippen LogP contribution in [0.4, 0.5) is 5.69 Å². The van der Waals surface area contributed by atoms with Gasteiger partial charge in [-0.05, 0) is 36.0 Å². The predicted molar refractivity (Wildman–Crippen MR) is 93.9 cm³/mol. The minimum absolute atomic E-state index is 0.0636. The van der Waals surface area contributed by atoms with Gasteiger partial charge in [-0.15, -0.1) is 0 Å². The van der Waals surface area contributed by atoms with E-state index in [9.17, 15) is 9.59 Å². The van der Waals surface area contributed by atoms with Gasteiger partial charge in [0.15, 0.2) is 0 Å². The Balaban J connectivity index is 1.74. The maximum Gasteiger partial charge on any atom is 0.287 e. The number of aromatic nitrogens is 2. The van der Waals surface area contributed by atoms with Crippen molar-refractivity contribution in [3.05, 3.63) is 21.6 Å². The summed E-state index contributed by atoms with van der Waals surface area (Å²) in [7, 11) is 0. The molecule has 3 fully saturated rings. The number of amides is 1. The topological polar surface area (TPSA) is 90.0 Å². The number of nitrogens with one attached hydrogen (secondary N) is 1. The number of anilines is 1. The number of primary amides is 1. The Morgan fingerprint density at radius 3 is 2.79 bits per heavy atom. The molecule has 0 radical (unpaired) electrons. The third kappa shape index (κ3) is 2.81. The highest BCUT2D eigenvalue weighted by Crippen LogP contribution is 2.61. The van der Waals surface area contributed by atoms with Crippen LogP contribution in [0.1, 0.15) is 40.0 Å². The lowest BCUT2D eigenvalue weighted by Crippen LogP contribution is -2.58. The van der Waals surface area contributed by atoms with E-state index >= 15 is 0 Å². The zero-order valence-electron chi connectivity index (χ0n) is 14.4. The van der Waals surface area contributed by atoms with E-state index in [4.69, 9.17) is 17.3 Å². The van der Waals surface area contributed by atoms with Gasteiger partial charge in [0.25, 0.3) is 5.56 Å². The van der Waals surface area contributed by atoms with Crippen LogP contribution in [0.15, 0.2) is 11.0 Å². The van der Waals surface area contributed by atoms with Crippen LogP contribution >= 0.6 is 11.6 Å². The maximum atomic E-state index is 12.3. The average Bonchev–Trinajstić information content (AvgIpc) is 2.52. The van der Waals surface area contributed by atoms with Crippen LogP contribution in [0.5, 0.6) is 0 Å². The highest BCUT2D eigenvalue weighted by Gasteiger charge is 2.56. The smallest absolute Gasteiger partial charge is 0.287 e. The first kappa shape index (κ1) is 17.3. The fourth-order valence-electron chi connectivity index (χ4n) is 4.48. The quantitative estimate of drug-likeness (QED) is 0.850. The van der Waals surface area contributed by atoms with Gasteiger partial charge in [0.1, 0.15) is 5.02 Å². The van der Waals surface area contributed by atoms with Crippen molar-refractivity contribution in [3.63, 3.8) is 0 Å². The summed E-state index contributed by atoms with van der Waals surface area (Å²) >= 11 is 6.23. The Morgan fingerprint density at radius 2 is 2.21 bits per heavy atom. The Bertz CT molecular complexity index is 715. The van der Waals surface area contributed by atoms with Gasteiger partial charge in [-0.3, -0.25) is 9.59 Å². The van der Waals surface area contributed by atoms with Gasteiger partial charge < -0.3 is 11.1 Å². The summed E-state index contributed by atoms with van der Waals surface area (Å²) in [5, 5.41) is 7.67. The van der Waals surface area contributed by atoms with Crippen molar-refractivity contribution in [2.24, 2.45) is 28.9 Å². The molecule has 0 aliphatic heterocycles. The summed E-state index contributed by atoms with van der Waals surface area (Å²) in [6, 6.07) is 0.307. The molecule has 1 aromatic rings. The second-order valence-electron chi connectivity index (χ2n) is 7.82. The molecule has 7 heteroatoms. The third-order valence-corrected chi connectivity index (χ3v) is 6.62. The number of nitrogens with two attached hydrogens (primary N) is 1. The standard InChI is InChI=1S/C17H25ClN4O2/c1-9-11-6-10(17(11,2)3)7-12(9)21-13-8-20-22(5-4-14(19)23)16(24)15(13)18/h8-12,21H,4-7H2,1-3H3,(H2,19,23)/t9-,10+,11-,12-/m1/s1. The Kier molecular flexibility index (Phi) is 4.36. The SMILES string of the molecule is C[C@@H]1[C@H]2C[C@@H](C[C@H]1Nc1cnn(CCC(N)=O)c(=O)c1Cl)C2(C)C. The fourth-order valence-corrected chi connectivity index (χ4v) is 4.68. The maximum absolute atomic E-state index is 12.3. The van der Waals surface area contributed by atoms with E-state index < -0.39 is 11.5 Å². The number of carbonyl (C=O) groups excluding carboxylic acids is 1. The van der Waals surface area contributed by atoms with Gasteiger partial charge in [-0.25, -0.2) is 4.68 Å². The molecule has 1 aromatic heterocycles. The molecule has 0 unspecified atom stereocenters. The third-order valence-electron chi connectivity index (χ3n) is 6.25. The number of rotatable bonds is 5. The second kappa shape index (κ2) is 6.06. The first-order chi connectivity index (χ1) is 11.2. The van der Waals surface area contributed by atoms with Crippen molar-refractivity contribution in [1.29, 1.82) is 0 Å². The van der Waals surface area contributed by atoms with Gasteiger partial charge in [-0.2, -0.15) is 5.10 Å². The summed E-state index contributed by atoms with van der Waals surface area (Å²) in [5.74, 6) is 1.48. The summed E-state index contributed by atoms with van der Waals surface area (Å²) in [4.78, 5) is 23.1. The Labute approximate surface area is 146 Å². The molecular formula is C17H25ClN4O2. The van der Waals surface area contributed by atoms with E-state index in [-0.39, 0.29) is 18.0 Å². The summed E-state index contributed by atoms with van der Waals surface area (Å²) in [5.41, 5.74) is 5.71. The van der Waals surface area contributed by atoms with E-state index in [0.29, 0.717) is 29.0 Å². The lowest BCUT2D eigenvalue weighted by atomic mass is 9.45. The first-order valence-electron chi connectivity index (χ1n) is 8.52. The minimum atomic E-state index is -0.472.